The second kappa shape index (κ2) is 8.55. The van der Waals surface area contributed by atoms with Gasteiger partial charge in [0, 0.05) is 18.8 Å². The van der Waals surface area contributed by atoms with Crippen LogP contribution in [0.15, 0.2) is 18.2 Å². The van der Waals surface area contributed by atoms with Gasteiger partial charge in [-0.2, -0.15) is 0 Å². The van der Waals surface area contributed by atoms with Crippen LogP contribution in [0.3, 0.4) is 0 Å². The fourth-order valence-electron chi connectivity index (χ4n) is 2.14. The number of anilines is 1. The Labute approximate surface area is 120 Å². The fourth-order valence-corrected chi connectivity index (χ4v) is 2.14. The molecule has 3 N–H and O–H groups in total. The van der Waals surface area contributed by atoms with Crippen LogP contribution in [0.5, 0.6) is 0 Å². The predicted octanol–water partition coefficient (Wildman–Crippen LogP) is 1.63. The Morgan fingerprint density at radius 1 is 1.10 bits per heavy atom. The van der Waals surface area contributed by atoms with Crippen LogP contribution < -0.4 is 5.32 Å². The van der Waals surface area contributed by atoms with Gasteiger partial charge < -0.3 is 20.4 Å². The molecule has 1 aromatic rings. The van der Waals surface area contributed by atoms with Crippen molar-refractivity contribution < 1.29 is 15.0 Å². The maximum Gasteiger partial charge on any atom is 0.321 e. The van der Waals surface area contributed by atoms with Gasteiger partial charge in [-0.05, 0) is 36.1 Å². The average molecular weight is 280 g/mol. The zero-order valence-corrected chi connectivity index (χ0v) is 12.2. The highest BCUT2D eigenvalue weighted by Crippen LogP contribution is 2.17. The van der Waals surface area contributed by atoms with Gasteiger partial charge in [0.05, 0.1) is 13.2 Å². The van der Waals surface area contributed by atoms with Crippen LogP contribution in [-0.4, -0.2) is 47.4 Å². The van der Waals surface area contributed by atoms with Crippen molar-refractivity contribution in [3.05, 3.63) is 29.3 Å². The number of carbonyl (C=O) groups excluding carboxylic acids is 1. The van der Waals surface area contributed by atoms with Crippen LogP contribution >= 0.6 is 0 Å². The van der Waals surface area contributed by atoms with E-state index in [1.54, 1.807) is 0 Å². The summed E-state index contributed by atoms with van der Waals surface area (Å²) in [5.74, 6) is 0. The van der Waals surface area contributed by atoms with E-state index in [0.29, 0.717) is 0 Å². The molecule has 0 saturated heterocycles. The molecule has 0 heterocycles. The molecule has 2 amide bonds. The number of rotatable bonds is 7. The van der Waals surface area contributed by atoms with Crippen molar-refractivity contribution in [2.45, 2.75) is 26.7 Å². The molecule has 112 valence electrons. The second-order valence-corrected chi connectivity index (χ2v) is 4.56. The van der Waals surface area contributed by atoms with E-state index in [2.05, 4.69) is 19.2 Å². The van der Waals surface area contributed by atoms with Gasteiger partial charge >= 0.3 is 6.03 Å². The maximum absolute atomic E-state index is 12.0. The van der Waals surface area contributed by atoms with Crippen LogP contribution in [0.4, 0.5) is 10.5 Å². The van der Waals surface area contributed by atoms with Crippen molar-refractivity contribution in [2.75, 3.05) is 31.6 Å². The van der Waals surface area contributed by atoms with Crippen LogP contribution in [-0.2, 0) is 12.8 Å². The summed E-state index contributed by atoms with van der Waals surface area (Å²) >= 11 is 0. The Morgan fingerprint density at radius 2 is 1.70 bits per heavy atom. The largest absolute Gasteiger partial charge is 0.395 e. The van der Waals surface area contributed by atoms with E-state index >= 15 is 0 Å². The molecule has 0 radical (unpaired) electrons. The van der Waals surface area contributed by atoms with E-state index in [0.717, 1.165) is 18.5 Å². The van der Waals surface area contributed by atoms with Crippen molar-refractivity contribution in [2.24, 2.45) is 0 Å². The van der Waals surface area contributed by atoms with Crippen molar-refractivity contribution in [3.8, 4) is 0 Å². The average Bonchev–Trinajstić information content (AvgIpc) is 2.46. The number of urea groups is 1. The summed E-state index contributed by atoms with van der Waals surface area (Å²) in [5.41, 5.74) is 3.25. The third-order valence-electron chi connectivity index (χ3n) is 3.25. The number of aliphatic hydroxyl groups is 2. The Kier molecular flexibility index (Phi) is 7.04. The molecule has 5 nitrogen and oxygen atoms in total. The summed E-state index contributed by atoms with van der Waals surface area (Å²) in [4.78, 5) is 13.4. The van der Waals surface area contributed by atoms with Gasteiger partial charge in [0.25, 0.3) is 0 Å². The molecule has 0 saturated carbocycles. The van der Waals surface area contributed by atoms with E-state index in [4.69, 9.17) is 10.2 Å². The number of aryl methyl sites for hydroxylation is 2. The van der Waals surface area contributed by atoms with Gasteiger partial charge in [0.15, 0.2) is 0 Å². The molecule has 0 aromatic heterocycles. The first-order valence-electron chi connectivity index (χ1n) is 7.05. The van der Waals surface area contributed by atoms with Gasteiger partial charge in [-0.3, -0.25) is 0 Å². The van der Waals surface area contributed by atoms with Crippen LogP contribution in [0.1, 0.15) is 25.0 Å². The molecule has 20 heavy (non-hydrogen) atoms. The van der Waals surface area contributed by atoms with Gasteiger partial charge in [0.1, 0.15) is 0 Å². The molecular formula is C15H24N2O3. The van der Waals surface area contributed by atoms with Crippen molar-refractivity contribution in [1.82, 2.24) is 4.90 Å². The van der Waals surface area contributed by atoms with Gasteiger partial charge in [-0.25, -0.2) is 4.79 Å². The lowest BCUT2D eigenvalue weighted by atomic mass is 10.0. The normalized spacial score (nSPS) is 10.4. The number of amides is 2. The minimum atomic E-state index is -0.306. The Morgan fingerprint density at radius 3 is 2.20 bits per heavy atom. The fraction of sp³-hybridized carbons (Fsp3) is 0.533. The van der Waals surface area contributed by atoms with E-state index in [-0.39, 0.29) is 32.3 Å². The minimum Gasteiger partial charge on any atom is -0.395 e. The number of nitrogens with zero attached hydrogens (tertiary/aromatic N) is 1. The molecule has 0 aliphatic heterocycles. The zero-order chi connectivity index (χ0) is 15.0. The Hall–Kier alpha value is -1.59. The van der Waals surface area contributed by atoms with Crippen molar-refractivity contribution in [3.63, 3.8) is 0 Å². The predicted molar refractivity (Wildman–Crippen MR) is 80.0 cm³/mol. The first-order chi connectivity index (χ1) is 9.65. The summed E-state index contributed by atoms with van der Waals surface area (Å²) in [7, 11) is 0. The first kappa shape index (κ1) is 16.5. The standard InChI is InChI=1S/C15H24N2O3/c1-3-12-5-6-14(11-13(12)4-2)16-15(20)17(7-9-18)8-10-19/h5-6,11,18-19H,3-4,7-10H2,1-2H3,(H,16,20). The zero-order valence-electron chi connectivity index (χ0n) is 12.2. The highest BCUT2D eigenvalue weighted by molar-refractivity contribution is 5.89. The minimum absolute atomic E-state index is 0.123. The molecule has 0 unspecified atom stereocenters. The number of hydrogen-bond donors (Lipinski definition) is 3. The topological polar surface area (TPSA) is 72.8 Å². The van der Waals surface area contributed by atoms with Crippen molar-refractivity contribution >= 4 is 11.7 Å². The van der Waals surface area contributed by atoms with Crippen LogP contribution in [0, 0.1) is 0 Å². The Bertz CT molecular complexity index is 429. The summed E-state index contributed by atoms with van der Waals surface area (Å²) in [6.45, 7) is 4.37. The lowest BCUT2D eigenvalue weighted by Crippen LogP contribution is -2.38. The molecular weight excluding hydrogens is 256 g/mol. The summed E-state index contributed by atoms with van der Waals surface area (Å²) in [5, 5.41) is 20.7. The van der Waals surface area contributed by atoms with E-state index in [1.165, 1.54) is 16.0 Å². The van der Waals surface area contributed by atoms with Crippen molar-refractivity contribution in [1.29, 1.82) is 0 Å². The quantitative estimate of drug-likeness (QED) is 0.711. The first-order valence-corrected chi connectivity index (χ1v) is 7.05. The summed E-state index contributed by atoms with van der Waals surface area (Å²) < 4.78 is 0. The SMILES string of the molecule is CCc1ccc(NC(=O)N(CCO)CCO)cc1CC. The molecule has 0 aliphatic carbocycles. The molecule has 1 aromatic carbocycles. The Balaban J connectivity index is 2.78. The number of benzene rings is 1. The maximum atomic E-state index is 12.0. The smallest absolute Gasteiger partial charge is 0.321 e. The third kappa shape index (κ3) is 4.51. The van der Waals surface area contributed by atoms with E-state index < -0.39 is 0 Å². The molecule has 0 spiro atoms. The second-order valence-electron chi connectivity index (χ2n) is 4.56. The number of hydrogen-bond acceptors (Lipinski definition) is 3. The number of nitrogens with one attached hydrogen (secondary N) is 1. The lowest BCUT2D eigenvalue weighted by Gasteiger charge is -2.21. The molecule has 0 bridgehead atoms. The van der Waals surface area contributed by atoms with E-state index in [1.807, 2.05) is 18.2 Å². The highest BCUT2D eigenvalue weighted by atomic mass is 16.3. The molecule has 0 aliphatic rings. The number of aliphatic hydroxyl groups excluding tert-OH is 2. The lowest BCUT2D eigenvalue weighted by molar-refractivity contribution is 0.167. The highest BCUT2D eigenvalue weighted by Gasteiger charge is 2.12. The molecule has 0 atom stereocenters. The molecule has 5 heteroatoms. The monoisotopic (exact) mass is 280 g/mol. The van der Waals surface area contributed by atoms with Gasteiger partial charge in [-0.1, -0.05) is 19.9 Å². The van der Waals surface area contributed by atoms with Crippen LogP contribution in [0.2, 0.25) is 0 Å². The number of carbonyl (C=O) groups is 1. The molecule has 1 rings (SSSR count). The van der Waals surface area contributed by atoms with E-state index in [9.17, 15) is 4.79 Å². The van der Waals surface area contributed by atoms with Crippen LogP contribution in [0.25, 0.3) is 0 Å². The molecule has 0 fully saturated rings. The third-order valence-corrected chi connectivity index (χ3v) is 3.25. The summed E-state index contributed by atoms with van der Waals surface area (Å²) in [6, 6.07) is 5.58. The summed E-state index contributed by atoms with van der Waals surface area (Å²) in [6.07, 6.45) is 1.89. The van der Waals surface area contributed by atoms with Gasteiger partial charge in [-0.15, -0.1) is 0 Å². The van der Waals surface area contributed by atoms with Gasteiger partial charge in [0.2, 0.25) is 0 Å².